The predicted molar refractivity (Wildman–Crippen MR) is 63.9 cm³/mol. The van der Waals surface area contributed by atoms with E-state index in [-0.39, 0.29) is 0 Å². The quantitative estimate of drug-likeness (QED) is 0.846. The van der Waals surface area contributed by atoms with E-state index in [0.717, 1.165) is 5.69 Å². The molecule has 2 heterocycles. The summed E-state index contributed by atoms with van der Waals surface area (Å²) >= 11 is 3.30. The number of rotatable bonds is 2. The minimum Gasteiger partial charge on any atom is -0.375 e. The number of nitrogens with two attached hydrogens (primary N) is 1. The van der Waals surface area contributed by atoms with Crippen molar-refractivity contribution in [2.75, 3.05) is 5.73 Å². The van der Waals surface area contributed by atoms with Crippen LogP contribution in [0, 0.1) is 0 Å². The number of thiophene rings is 1. The van der Waals surface area contributed by atoms with Crippen molar-refractivity contribution >= 4 is 27.8 Å². The van der Waals surface area contributed by atoms with Crippen molar-refractivity contribution in [2.24, 2.45) is 0 Å². The lowest BCUT2D eigenvalue weighted by atomic mass is 10.1. The van der Waals surface area contributed by atoms with Crippen LogP contribution in [-0.2, 0) is 0 Å². The maximum Gasteiger partial charge on any atom is 0.180 e. The van der Waals surface area contributed by atoms with Crippen molar-refractivity contribution in [3.8, 4) is 10.6 Å². The van der Waals surface area contributed by atoms with Gasteiger partial charge in [-0.05, 0) is 17.4 Å². The van der Waals surface area contributed by atoms with Crippen molar-refractivity contribution in [1.82, 2.24) is 4.98 Å². The summed E-state index contributed by atoms with van der Waals surface area (Å²) in [6.45, 7) is 4.34. The molecular formula is C10H12N2S2. The Morgan fingerprint density at radius 3 is 2.79 bits per heavy atom. The molecule has 0 amide bonds. The molecule has 0 aliphatic carbocycles. The normalized spacial score (nSPS) is 11.1. The summed E-state index contributed by atoms with van der Waals surface area (Å²) in [6.07, 6.45) is 0. The van der Waals surface area contributed by atoms with Crippen LogP contribution in [0.3, 0.4) is 0 Å². The van der Waals surface area contributed by atoms with Gasteiger partial charge in [0, 0.05) is 4.88 Å². The zero-order chi connectivity index (χ0) is 10.1. The number of nitrogens with zero attached hydrogens (tertiary/aromatic N) is 1. The van der Waals surface area contributed by atoms with Crippen LogP contribution in [-0.4, -0.2) is 4.98 Å². The second-order valence-electron chi connectivity index (χ2n) is 3.40. The molecule has 2 rings (SSSR count). The SMILES string of the molecule is CC(C)c1sc(N)nc1-c1cccs1. The molecule has 2 aromatic rings. The summed E-state index contributed by atoms with van der Waals surface area (Å²) in [7, 11) is 0. The lowest BCUT2D eigenvalue weighted by Gasteiger charge is -2.02. The van der Waals surface area contributed by atoms with E-state index in [1.165, 1.54) is 9.75 Å². The highest BCUT2D eigenvalue weighted by Crippen LogP contribution is 2.36. The molecule has 14 heavy (non-hydrogen) atoms. The van der Waals surface area contributed by atoms with Gasteiger partial charge in [0.2, 0.25) is 0 Å². The van der Waals surface area contributed by atoms with E-state index in [1.54, 1.807) is 22.7 Å². The molecule has 0 fully saturated rings. The summed E-state index contributed by atoms with van der Waals surface area (Å²) in [4.78, 5) is 6.87. The number of thiazole rings is 1. The lowest BCUT2D eigenvalue weighted by molar-refractivity contribution is 0.888. The van der Waals surface area contributed by atoms with E-state index < -0.39 is 0 Å². The van der Waals surface area contributed by atoms with Crippen LogP contribution < -0.4 is 5.73 Å². The summed E-state index contributed by atoms with van der Waals surface area (Å²) in [5.74, 6) is 0.488. The molecule has 2 nitrogen and oxygen atoms in total. The molecule has 0 bridgehead atoms. The molecule has 0 atom stereocenters. The van der Waals surface area contributed by atoms with Crippen LogP contribution in [0.4, 0.5) is 5.13 Å². The third-order valence-electron chi connectivity index (χ3n) is 1.95. The predicted octanol–water partition coefficient (Wildman–Crippen LogP) is 3.58. The first-order valence-corrected chi connectivity index (χ1v) is 6.18. The van der Waals surface area contributed by atoms with Gasteiger partial charge in [-0.25, -0.2) is 4.98 Å². The molecule has 0 saturated heterocycles. The zero-order valence-electron chi connectivity index (χ0n) is 8.15. The van der Waals surface area contributed by atoms with Gasteiger partial charge in [0.15, 0.2) is 5.13 Å². The van der Waals surface area contributed by atoms with Gasteiger partial charge in [-0.1, -0.05) is 19.9 Å². The number of nitrogen functional groups attached to an aromatic ring is 1. The highest BCUT2D eigenvalue weighted by Gasteiger charge is 2.14. The maximum absolute atomic E-state index is 5.74. The average molecular weight is 224 g/mol. The van der Waals surface area contributed by atoms with E-state index in [1.807, 2.05) is 6.07 Å². The van der Waals surface area contributed by atoms with E-state index in [2.05, 4.69) is 30.3 Å². The van der Waals surface area contributed by atoms with Crippen molar-refractivity contribution in [2.45, 2.75) is 19.8 Å². The lowest BCUT2D eigenvalue weighted by Crippen LogP contribution is -1.85. The van der Waals surface area contributed by atoms with Crippen LogP contribution in [0.2, 0.25) is 0 Å². The smallest absolute Gasteiger partial charge is 0.180 e. The Morgan fingerprint density at radius 2 is 2.21 bits per heavy atom. The highest BCUT2D eigenvalue weighted by molar-refractivity contribution is 7.17. The standard InChI is InChI=1S/C10H12N2S2/c1-6(2)9-8(12-10(11)14-9)7-4-3-5-13-7/h3-6H,1-2H3,(H2,11,12). The molecule has 0 aromatic carbocycles. The third kappa shape index (κ3) is 1.67. The fraction of sp³-hybridized carbons (Fsp3) is 0.300. The third-order valence-corrected chi connectivity index (χ3v) is 4.01. The monoisotopic (exact) mass is 224 g/mol. The molecular weight excluding hydrogens is 212 g/mol. The van der Waals surface area contributed by atoms with Gasteiger partial charge in [-0.3, -0.25) is 0 Å². The van der Waals surface area contributed by atoms with Gasteiger partial charge >= 0.3 is 0 Å². The van der Waals surface area contributed by atoms with E-state index in [4.69, 9.17) is 5.73 Å². The van der Waals surface area contributed by atoms with Gasteiger partial charge in [-0.15, -0.1) is 22.7 Å². The molecule has 0 aliphatic heterocycles. The average Bonchev–Trinajstić information content (AvgIpc) is 2.70. The van der Waals surface area contributed by atoms with Gasteiger partial charge in [0.05, 0.1) is 10.6 Å². The van der Waals surface area contributed by atoms with Crippen molar-refractivity contribution in [3.05, 3.63) is 22.4 Å². The molecule has 2 N–H and O–H groups in total. The Balaban J connectivity index is 2.52. The van der Waals surface area contributed by atoms with Crippen LogP contribution in [0.5, 0.6) is 0 Å². The fourth-order valence-corrected chi connectivity index (χ4v) is 2.97. The Labute approximate surface area is 91.4 Å². The molecule has 4 heteroatoms. The first kappa shape index (κ1) is 9.68. The number of anilines is 1. The second kappa shape index (κ2) is 3.71. The minimum absolute atomic E-state index is 0.488. The van der Waals surface area contributed by atoms with Crippen molar-refractivity contribution in [3.63, 3.8) is 0 Å². The van der Waals surface area contributed by atoms with Crippen LogP contribution in [0.1, 0.15) is 24.6 Å². The van der Waals surface area contributed by atoms with Gasteiger partial charge < -0.3 is 5.73 Å². The number of hydrogen-bond donors (Lipinski definition) is 1. The number of hydrogen-bond acceptors (Lipinski definition) is 4. The van der Waals surface area contributed by atoms with Gasteiger partial charge in [0.25, 0.3) is 0 Å². The van der Waals surface area contributed by atoms with E-state index in [9.17, 15) is 0 Å². The first-order valence-electron chi connectivity index (χ1n) is 4.48. The molecule has 0 spiro atoms. The Morgan fingerprint density at radius 1 is 1.43 bits per heavy atom. The Bertz CT molecular complexity index is 415. The fourth-order valence-electron chi connectivity index (χ4n) is 1.33. The first-order chi connectivity index (χ1) is 6.68. The molecule has 74 valence electrons. The van der Waals surface area contributed by atoms with Crippen LogP contribution >= 0.6 is 22.7 Å². The molecule has 0 unspecified atom stereocenters. The second-order valence-corrected chi connectivity index (χ2v) is 5.41. The summed E-state index contributed by atoms with van der Waals surface area (Å²) in [5.41, 5.74) is 6.80. The summed E-state index contributed by atoms with van der Waals surface area (Å²) < 4.78 is 0. The van der Waals surface area contributed by atoms with Crippen LogP contribution in [0.25, 0.3) is 10.6 Å². The molecule has 2 aromatic heterocycles. The zero-order valence-corrected chi connectivity index (χ0v) is 9.78. The van der Waals surface area contributed by atoms with E-state index in [0.29, 0.717) is 11.0 Å². The van der Waals surface area contributed by atoms with Crippen molar-refractivity contribution in [1.29, 1.82) is 0 Å². The maximum atomic E-state index is 5.74. The summed E-state index contributed by atoms with van der Waals surface area (Å²) in [6, 6.07) is 4.13. The van der Waals surface area contributed by atoms with Gasteiger partial charge in [-0.2, -0.15) is 0 Å². The van der Waals surface area contributed by atoms with E-state index >= 15 is 0 Å². The topological polar surface area (TPSA) is 38.9 Å². The Kier molecular flexibility index (Phi) is 2.56. The van der Waals surface area contributed by atoms with Gasteiger partial charge in [0.1, 0.15) is 0 Å². The van der Waals surface area contributed by atoms with Crippen molar-refractivity contribution < 1.29 is 0 Å². The minimum atomic E-state index is 0.488. The largest absolute Gasteiger partial charge is 0.375 e. The number of aromatic nitrogens is 1. The molecule has 0 radical (unpaired) electrons. The molecule has 0 aliphatic rings. The Hall–Kier alpha value is -0.870. The highest BCUT2D eigenvalue weighted by atomic mass is 32.1. The van der Waals surface area contributed by atoms with Crippen LogP contribution in [0.15, 0.2) is 17.5 Å². The summed E-state index contributed by atoms with van der Waals surface area (Å²) in [5, 5.41) is 2.73. The molecule has 0 saturated carbocycles.